The summed E-state index contributed by atoms with van der Waals surface area (Å²) in [5.74, 6) is -0.725. The molecule has 0 aliphatic carbocycles. The van der Waals surface area contributed by atoms with E-state index in [1.807, 2.05) is 38.1 Å². The van der Waals surface area contributed by atoms with E-state index in [9.17, 15) is 9.59 Å². The Kier molecular flexibility index (Phi) is 4.57. The topological polar surface area (TPSA) is 73.2 Å². The quantitative estimate of drug-likeness (QED) is 0.843. The van der Waals surface area contributed by atoms with Crippen molar-refractivity contribution >= 4 is 22.9 Å². The van der Waals surface area contributed by atoms with Crippen LogP contribution in [0.1, 0.15) is 13.8 Å². The summed E-state index contributed by atoms with van der Waals surface area (Å²) in [6.07, 6.45) is 1.62. The minimum atomic E-state index is -0.641. The fourth-order valence-corrected chi connectivity index (χ4v) is 2.13. The Hall–Kier alpha value is -2.37. The van der Waals surface area contributed by atoms with Crippen LogP contribution in [0.5, 0.6) is 0 Å². The molecule has 1 heterocycles. The summed E-state index contributed by atoms with van der Waals surface area (Å²) in [5.41, 5.74) is 1.71. The Morgan fingerprint density at radius 1 is 1.33 bits per heavy atom. The van der Waals surface area contributed by atoms with Gasteiger partial charge in [-0.25, -0.2) is 9.78 Å². The zero-order valence-electron chi connectivity index (χ0n) is 12.4. The van der Waals surface area contributed by atoms with Gasteiger partial charge in [0.15, 0.2) is 0 Å². The largest absolute Gasteiger partial charge is 0.467 e. The normalized spacial score (nSPS) is 12.4. The SMILES string of the molecule is COC(=O)C(NC(=O)Cn1cnc2ccccc21)C(C)C. The molecule has 2 rings (SSSR count). The number of benzene rings is 1. The van der Waals surface area contributed by atoms with E-state index < -0.39 is 12.0 Å². The van der Waals surface area contributed by atoms with Gasteiger partial charge in [-0.3, -0.25) is 4.79 Å². The minimum absolute atomic E-state index is 0.0408. The second kappa shape index (κ2) is 6.39. The molecule has 1 amide bonds. The first-order valence-electron chi connectivity index (χ1n) is 6.80. The van der Waals surface area contributed by atoms with Crippen molar-refractivity contribution in [3.05, 3.63) is 30.6 Å². The summed E-state index contributed by atoms with van der Waals surface area (Å²) >= 11 is 0. The van der Waals surface area contributed by atoms with Crippen LogP contribution in [0.25, 0.3) is 11.0 Å². The van der Waals surface area contributed by atoms with Gasteiger partial charge in [-0.1, -0.05) is 26.0 Å². The fraction of sp³-hybridized carbons (Fsp3) is 0.400. The molecule has 1 N–H and O–H groups in total. The van der Waals surface area contributed by atoms with Crippen LogP contribution < -0.4 is 5.32 Å². The summed E-state index contributed by atoms with van der Waals surface area (Å²) in [5, 5.41) is 2.71. The molecule has 1 aromatic heterocycles. The summed E-state index contributed by atoms with van der Waals surface area (Å²) in [4.78, 5) is 28.0. The van der Waals surface area contributed by atoms with E-state index in [-0.39, 0.29) is 18.4 Å². The van der Waals surface area contributed by atoms with E-state index in [0.29, 0.717) is 0 Å². The van der Waals surface area contributed by atoms with E-state index in [0.717, 1.165) is 11.0 Å². The van der Waals surface area contributed by atoms with Crippen molar-refractivity contribution < 1.29 is 14.3 Å². The number of esters is 1. The second-order valence-electron chi connectivity index (χ2n) is 5.17. The number of fused-ring (bicyclic) bond motifs is 1. The van der Waals surface area contributed by atoms with Crippen molar-refractivity contribution in [3.8, 4) is 0 Å². The summed E-state index contributed by atoms with van der Waals surface area (Å²) < 4.78 is 6.46. The molecule has 21 heavy (non-hydrogen) atoms. The molecule has 1 unspecified atom stereocenters. The number of imidazole rings is 1. The van der Waals surface area contributed by atoms with E-state index >= 15 is 0 Å². The minimum Gasteiger partial charge on any atom is -0.467 e. The average molecular weight is 289 g/mol. The lowest BCUT2D eigenvalue weighted by molar-refractivity contribution is -0.146. The van der Waals surface area contributed by atoms with Crippen LogP contribution >= 0.6 is 0 Å². The maximum absolute atomic E-state index is 12.1. The maximum atomic E-state index is 12.1. The van der Waals surface area contributed by atoms with Crippen LogP contribution in [-0.4, -0.2) is 34.6 Å². The first-order valence-corrected chi connectivity index (χ1v) is 6.80. The van der Waals surface area contributed by atoms with Crippen LogP contribution in [0.15, 0.2) is 30.6 Å². The van der Waals surface area contributed by atoms with Crippen molar-refractivity contribution in [1.29, 1.82) is 0 Å². The van der Waals surface area contributed by atoms with E-state index in [2.05, 4.69) is 10.3 Å². The van der Waals surface area contributed by atoms with Gasteiger partial charge in [0, 0.05) is 0 Å². The third-order valence-electron chi connectivity index (χ3n) is 3.28. The Morgan fingerprint density at radius 3 is 2.71 bits per heavy atom. The van der Waals surface area contributed by atoms with Gasteiger partial charge < -0.3 is 14.6 Å². The van der Waals surface area contributed by atoms with Gasteiger partial charge in [-0.15, -0.1) is 0 Å². The summed E-state index contributed by atoms with van der Waals surface area (Å²) in [6, 6.07) is 6.93. The fourth-order valence-electron chi connectivity index (χ4n) is 2.13. The molecule has 0 aliphatic rings. The van der Waals surface area contributed by atoms with Crippen LogP contribution in [0.4, 0.5) is 0 Å². The van der Waals surface area contributed by atoms with Gasteiger partial charge in [-0.05, 0) is 18.1 Å². The lowest BCUT2D eigenvalue weighted by atomic mass is 10.0. The van der Waals surface area contributed by atoms with Crippen molar-refractivity contribution in [2.45, 2.75) is 26.4 Å². The molecule has 1 aromatic carbocycles. The van der Waals surface area contributed by atoms with Crippen LogP contribution in [0.2, 0.25) is 0 Å². The number of amides is 1. The molecular formula is C15H19N3O3. The molecule has 6 heteroatoms. The predicted molar refractivity (Wildman–Crippen MR) is 78.5 cm³/mol. The van der Waals surface area contributed by atoms with Gasteiger partial charge in [0.2, 0.25) is 5.91 Å². The van der Waals surface area contributed by atoms with Gasteiger partial charge in [0.1, 0.15) is 12.6 Å². The lowest BCUT2D eigenvalue weighted by Crippen LogP contribution is -2.46. The molecular weight excluding hydrogens is 270 g/mol. The maximum Gasteiger partial charge on any atom is 0.328 e. The predicted octanol–water partition coefficient (Wildman–Crippen LogP) is 1.35. The van der Waals surface area contributed by atoms with Gasteiger partial charge in [0.25, 0.3) is 0 Å². The lowest BCUT2D eigenvalue weighted by Gasteiger charge is -2.19. The smallest absolute Gasteiger partial charge is 0.328 e. The summed E-state index contributed by atoms with van der Waals surface area (Å²) in [6.45, 7) is 3.82. The number of rotatable bonds is 5. The Balaban J connectivity index is 2.09. The highest BCUT2D eigenvalue weighted by Crippen LogP contribution is 2.11. The number of hydrogen-bond acceptors (Lipinski definition) is 4. The Labute approximate surface area is 123 Å². The number of nitrogens with one attached hydrogen (secondary N) is 1. The number of carbonyl (C=O) groups excluding carboxylic acids is 2. The molecule has 2 aromatic rings. The van der Waals surface area contributed by atoms with Crippen LogP contribution in [0.3, 0.4) is 0 Å². The average Bonchev–Trinajstić information content (AvgIpc) is 2.87. The van der Waals surface area contributed by atoms with Crippen molar-refractivity contribution in [3.63, 3.8) is 0 Å². The molecule has 0 bridgehead atoms. The molecule has 0 radical (unpaired) electrons. The number of para-hydroxylation sites is 2. The number of hydrogen-bond donors (Lipinski definition) is 1. The number of carbonyl (C=O) groups is 2. The Bertz CT molecular complexity index is 648. The van der Waals surface area contributed by atoms with Gasteiger partial charge in [0.05, 0.1) is 24.5 Å². The molecule has 112 valence electrons. The molecule has 0 aliphatic heterocycles. The molecule has 0 fully saturated rings. The molecule has 1 atom stereocenters. The van der Waals surface area contributed by atoms with Gasteiger partial charge in [-0.2, -0.15) is 0 Å². The summed E-state index contributed by atoms with van der Waals surface area (Å²) in [7, 11) is 1.31. The van der Waals surface area contributed by atoms with Gasteiger partial charge >= 0.3 is 5.97 Å². The van der Waals surface area contributed by atoms with Crippen molar-refractivity contribution in [1.82, 2.24) is 14.9 Å². The monoisotopic (exact) mass is 289 g/mol. The molecule has 0 spiro atoms. The number of ether oxygens (including phenoxy) is 1. The highest BCUT2D eigenvalue weighted by atomic mass is 16.5. The third-order valence-corrected chi connectivity index (χ3v) is 3.28. The van der Waals surface area contributed by atoms with E-state index in [1.54, 1.807) is 10.9 Å². The number of aromatic nitrogens is 2. The van der Waals surface area contributed by atoms with E-state index in [4.69, 9.17) is 4.74 Å². The first kappa shape index (κ1) is 15.0. The Morgan fingerprint density at radius 2 is 2.05 bits per heavy atom. The molecule has 0 saturated carbocycles. The number of nitrogens with zero attached hydrogens (tertiary/aromatic N) is 2. The van der Waals surface area contributed by atoms with E-state index in [1.165, 1.54) is 7.11 Å². The third kappa shape index (κ3) is 3.39. The van der Waals surface area contributed by atoms with Crippen molar-refractivity contribution in [2.75, 3.05) is 7.11 Å². The first-order chi connectivity index (χ1) is 10.0. The molecule has 6 nitrogen and oxygen atoms in total. The van der Waals surface area contributed by atoms with Crippen LogP contribution in [-0.2, 0) is 20.9 Å². The van der Waals surface area contributed by atoms with Crippen LogP contribution in [0, 0.1) is 5.92 Å². The standard InChI is InChI=1S/C15H19N3O3/c1-10(2)14(15(20)21-3)17-13(19)8-18-9-16-11-6-4-5-7-12(11)18/h4-7,9-10,14H,8H2,1-3H3,(H,17,19). The highest BCUT2D eigenvalue weighted by molar-refractivity contribution is 5.85. The van der Waals surface area contributed by atoms with Crippen molar-refractivity contribution in [2.24, 2.45) is 5.92 Å². The molecule has 0 saturated heterocycles. The number of methoxy groups -OCH3 is 1. The zero-order valence-corrected chi connectivity index (χ0v) is 12.4. The second-order valence-corrected chi connectivity index (χ2v) is 5.17. The highest BCUT2D eigenvalue weighted by Gasteiger charge is 2.24. The zero-order chi connectivity index (χ0) is 15.4.